The fourth-order valence-corrected chi connectivity index (χ4v) is 2.39. The minimum absolute atomic E-state index is 0.0463. The van der Waals surface area contributed by atoms with E-state index >= 15 is 0 Å². The third-order valence-electron chi connectivity index (χ3n) is 3.71. The lowest BCUT2D eigenvalue weighted by atomic mass is 10.1. The highest BCUT2D eigenvalue weighted by atomic mass is 19.4. The summed E-state index contributed by atoms with van der Waals surface area (Å²) in [5.74, 6) is 0.205. The highest BCUT2D eigenvalue weighted by Crippen LogP contribution is 2.38. The Kier molecular flexibility index (Phi) is 4.20. The van der Waals surface area contributed by atoms with Crippen molar-refractivity contribution in [1.82, 2.24) is 0 Å². The van der Waals surface area contributed by atoms with Crippen LogP contribution < -0.4 is 19.7 Å². The van der Waals surface area contributed by atoms with Gasteiger partial charge >= 0.3 is 6.18 Å². The summed E-state index contributed by atoms with van der Waals surface area (Å²) in [6.45, 7) is 0.0463. The monoisotopic (exact) mass is 352 g/mol. The van der Waals surface area contributed by atoms with Gasteiger partial charge in [0.1, 0.15) is 0 Å². The predicted octanol–water partition coefficient (Wildman–Crippen LogP) is 3.75. The molecule has 3 rings (SSSR count). The molecule has 1 aliphatic heterocycles. The fourth-order valence-electron chi connectivity index (χ4n) is 2.39. The average molecular weight is 352 g/mol. The molecule has 0 saturated heterocycles. The number of nitrogens with zero attached hydrogens (tertiary/aromatic N) is 1. The number of halogens is 3. The van der Waals surface area contributed by atoms with Gasteiger partial charge in [-0.3, -0.25) is 4.79 Å². The van der Waals surface area contributed by atoms with E-state index in [1.807, 2.05) is 0 Å². The molecule has 2 aromatic rings. The zero-order valence-corrected chi connectivity index (χ0v) is 13.5. The van der Waals surface area contributed by atoms with Crippen LogP contribution in [0.1, 0.15) is 15.9 Å². The van der Waals surface area contributed by atoms with E-state index in [4.69, 9.17) is 9.47 Å². The van der Waals surface area contributed by atoms with E-state index in [2.05, 4.69) is 5.32 Å². The number of fused-ring (bicyclic) bond motifs is 1. The molecule has 0 aromatic heterocycles. The molecule has 1 aliphatic rings. The van der Waals surface area contributed by atoms with Gasteiger partial charge in [0.05, 0.1) is 11.3 Å². The van der Waals surface area contributed by atoms with Crippen molar-refractivity contribution in [2.75, 3.05) is 31.1 Å². The SMILES string of the molecule is CN(C)c1ccc(NC(=O)c2ccc3c(c2)OCO3)c(C(F)(F)F)c1. The average Bonchev–Trinajstić information content (AvgIpc) is 3.01. The maximum Gasteiger partial charge on any atom is 0.418 e. The van der Waals surface area contributed by atoms with Crippen LogP contribution in [-0.4, -0.2) is 26.8 Å². The number of anilines is 2. The molecule has 5 nitrogen and oxygen atoms in total. The minimum Gasteiger partial charge on any atom is -0.454 e. The van der Waals surface area contributed by atoms with Crippen LogP contribution in [0.25, 0.3) is 0 Å². The van der Waals surface area contributed by atoms with Crippen molar-refractivity contribution in [2.24, 2.45) is 0 Å². The second kappa shape index (κ2) is 6.19. The maximum absolute atomic E-state index is 13.3. The molecule has 0 atom stereocenters. The summed E-state index contributed by atoms with van der Waals surface area (Å²) in [6.07, 6.45) is -4.59. The molecule has 0 radical (unpaired) electrons. The number of amides is 1. The summed E-state index contributed by atoms with van der Waals surface area (Å²) in [7, 11) is 3.28. The van der Waals surface area contributed by atoms with Crippen LogP contribution in [0.4, 0.5) is 24.5 Å². The van der Waals surface area contributed by atoms with E-state index in [1.165, 1.54) is 30.3 Å². The Morgan fingerprint density at radius 3 is 2.48 bits per heavy atom. The van der Waals surface area contributed by atoms with E-state index in [0.29, 0.717) is 17.2 Å². The molecule has 1 heterocycles. The molecule has 0 spiro atoms. The molecule has 0 aliphatic carbocycles. The van der Waals surface area contributed by atoms with Gasteiger partial charge in [-0.1, -0.05) is 0 Å². The number of hydrogen-bond acceptors (Lipinski definition) is 4. The molecule has 1 amide bonds. The van der Waals surface area contributed by atoms with Gasteiger partial charge in [0.15, 0.2) is 11.5 Å². The zero-order chi connectivity index (χ0) is 18.2. The second-order valence-electron chi connectivity index (χ2n) is 5.64. The summed E-state index contributed by atoms with van der Waals surface area (Å²) in [4.78, 5) is 13.9. The van der Waals surface area contributed by atoms with Crippen LogP contribution >= 0.6 is 0 Å². The van der Waals surface area contributed by atoms with Gasteiger partial charge in [-0.2, -0.15) is 13.2 Å². The Morgan fingerprint density at radius 1 is 1.08 bits per heavy atom. The molecular weight excluding hydrogens is 337 g/mol. The smallest absolute Gasteiger partial charge is 0.418 e. The van der Waals surface area contributed by atoms with E-state index in [9.17, 15) is 18.0 Å². The van der Waals surface area contributed by atoms with E-state index < -0.39 is 17.6 Å². The number of rotatable bonds is 3. The van der Waals surface area contributed by atoms with Gasteiger partial charge in [0, 0.05) is 25.3 Å². The first-order valence-electron chi connectivity index (χ1n) is 7.35. The quantitative estimate of drug-likeness (QED) is 0.914. The fraction of sp³-hybridized carbons (Fsp3) is 0.235. The number of alkyl halides is 3. The highest BCUT2D eigenvalue weighted by Gasteiger charge is 2.34. The third kappa shape index (κ3) is 3.47. The van der Waals surface area contributed by atoms with E-state index in [1.54, 1.807) is 19.0 Å². The van der Waals surface area contributed by atoms with Crippen LogP contribution in [-0.2, 0) is 6.18 Å². The van der Waals surface area contributed by atoms with E-state index in [-0.39, 0.29) is 18.0 Å². The largest absolute Gasteiger partial charge is 0.454 e. The lowest BCUT2D eigenvalue weighted by Crippen LogP contribution is -2.18. The van der Waals surface area contributed by atoms with E-state index in [0.717, 1.165) is 6.07 Å². The normalized spacial score (nSPS) is 12.8. The molecule has 1 N–H and O–H groups in total. The first-order chi connectivity index (χ1) is 11.8. The van der Waals surface area contributed by atoms with Crippen molar-refractivity contribution in [3.8, 4) is 11.5 Å². The predicted molar refractivity (Wildman–Crippen MR) is 86.3 cm³/mol. The summed E-state index contributed by atoms with van der Waals surface area (Å²) in [5, 5.41) is 2.32. The third-order valence-corrected chi connectivity index (χ3v) is 3.71. The molecule has 25 heavy (non-hydrogen) atoms. The van der Waals surface area contributed by atoms with Crippen molar-refractivity contribution in [3.63, 3.8) is 0 Å². The molecule has 0 unspecified atom stereocenters. The van der Waals surface area contributed by atoms with Crippen molar-refractivity contribution in [2.45, 2.75) is 6.18 Å². The number of ether oxygens (including phenoxy) is 2. The first kappa shape index (κ1) is 16.9. The Balaban J connectivity index is 1.90. The number of carbonyl (C=O) groups is 1. The molecule has 2 aromatic carbocycles. The van der Waals surface area contributed by atoms with Gasteiger partial charge in [-0.15, -0.1) is 0 Å². The molecule has 0 saturated carbocycles. The highest BCUT2D eigenvalue weighted by molar-refractivity contribution is 6.05. The van der Waals surface area contributed by atoms with Crippen LogP contribution in [0.2, 0.25) is 0 Å². The van der Waals surface area contributed by atoms with Gasteiger partial charge < -0.3 is 19.7 Å². The summed E-state index contributed by atoms with van der Waals surface area (Å²) < 4.78 is 50.3. The van der Waals surface area contributed by atoms with Crippen molar-refractivity contribution < 1.29 is 27.4 Å². The Morgan fingerprint density at radius 2 is 1.80 bits per heavy atom. The lowest BCUT2D eigenvalue weighted by molar-refractivity contribution is -0.136. The summed E-state index contributed by atoms with van der Waals surface area (Å²) in [6, 6.07) is 8.17. The minimum atomic E-state index is -4.59. The van der Waals surface area contributed by atoms with Crippen LogP contribution in [0.3, 0.4) is 0 Å². The number of nitrogens with one attached hydrogen (secondary N) is 1. The van der Waals surface area contributed by atoms with Gasteiger partial charge in [-0.05, 0) is 36.4 Å². The van der Waals surface area contributed by atoms with Gasteiger partial charge in [-0.25, -0.2) is 0 Å². The maximum atomic E-state index is 13.3. The van der Waals surface area contributed by atoms with Gasteiger partial charge in [0.2, 0.25) is 6.79 Å². The van der Waals surface area contributed by atoms with Crippen LogP contribution in [0.5, 0.6) is 11.5 Å². The summed E-state index contributed by atoms with van der Waals surface area (Å²) >= 11 is 0. The molecule has 8 heteroatoms. The number of benzene rings is 2. The van der Waals surface area contributed by atoms with Crippen molar-refractivity contribution in [1.29, 1.82) is 0 Å². The Labute approximate surface area is 142 Å². The number of carbonyl (C=O) groups excluding carboxylic acids is 1. The standard InChI is InChI=1S/C17H15F3N2O3/c1-22(2)11-4-5-13(12(8-11)17(18,19)20)21-16(23)10-3-6-14-15(7-10)25-9-24-14/h3-8H,9H2,1-2H3,(H,21,23). The van der Waals surface area contributed by atoms with Gasteiger partial charge in [0.25, 0.3) is 5.91 Å². The molecular formula is C17H15F3N2O3. The van der Waals surface area contributed by atoms with Crippen molar-refractivity contribution in [3.05, 3.63) is 47.5 Å². The number of hydrogen-bond donors (Lipinski definition) is 1. The molecule has 0 bridgehead atoms. The van der Waals surface area contributed by atoms with Crippen LogP contribution in [0.15, 0.2) is 36.4 Å². The molecule has 132 valence electrons. The second-order valence-corrected chi connectivity index (χ2v) is 5.64. The van der Waals surface area contributed by atoms with Crippen LogP contribution in [0, 0.1) is 0 Å². The Bertz CT molecular complexity index is 819. The summed E-state index contributed by atoms with van der Waals surface area (Å²) in [5.41, 5.74) is -0.656. The Hall–Kier alpha value is -2.90. The lowest BCUT2D eigenvalue weighted by Gasteiger charge is -2.18. The first-order valence-corrected chi connectivity index (χ1v) is 7.35. The topological polar surface area (TPSA) is 50.8 Å². The molecule has 0 fully saturated rings. The van der Waals surface area contributed by atoms with Crippen molar-refractivity contribution >= 4 is 17.3 Å². The zero-order valence-electron chi connectivity index (χ0n) is 13.5.